The number of ether oxygens (including phenoxy) is 1. The van der Waals surface area contributed by atoms with E-state index < -0.39 is 0 Å². The standard InChI is InChI=1S/C13H10O.2CHNO/c1-3-7-12-10(5-1)9-11-6-2-4-8-13(11)14-12;2*2-1-3/h1-8H,9H2;2*2H. The summed E-state index contributed by atoms with van der Waals surface area (Å²) in [5.74, 6) is 1.98. The Labute approximate surface area is 115 Å². The van der Waals surface area contributed by atoms with Crippen LogP contribution in [0.3, 0.4) is 0 Å². The van der Waals surface area contributed by atoms with Gasteiger partial charge in [0.2, 0.25) is 12.2 Å². The Morgan fingerprint density at radius 3 is 1.55 bits per heavy atom. The van der Waals surface area contributed by atoms with Gasteiger partial charge in [-0.1, -0.05) is 36.4 Å². The van der Waals surface area contributed by atoms with Gasteiger partial charge in [0.1, 0.15) is 11.5 Å². The number of rotatable bonds is 0. The topological polar surface area (TPSA) is 91.1 Å². The van der Waals surface area contributed by atoms with Crippen LogP contribution in [-0.2, 0) is 16.0 Å². The maximum atomic E-state index is 8.35. The maximum absolute atomic E-state index is 8.35. The predicted molar refractivity (Wildman–Crippen MR) is 72.6 cm³/mol. The SMILES string of the molecule is N=C=O.N=C=O.c1ccc2c(c1)Cc1ccccc1O2. The van der Waals surface area contributed by atoms with Crippen LogP contribution in [0.5, 0.6) is 11.5 Å². The Hall–Kier alpha value is -3.00. The first-order chi connectivity index (χ1) is 9.76. The van der Waals surface area contributed by atoms with E-state index in [1.165, 1.54) is 11.1 Å². The average Bonchev–Trinajstić information content (AvgIpc) is 2.47. The minimum absolute atomic E-state index is 0.750. The van der Waals surface area contributed by atoms with Crippen LogP contribution in [0.15, 0.2) is 48.5 Å². The molecule has 0 fully saturated rings. The van der Waals surface area contributed by atoms with Crippen molar-refractivity contribution in [1.29, 1.82) is 10.8 Å². The molecule has 20 heavy (non-hydrogen) atoms. The number of isocyanates is 2. The van der Waals surface area contributed by atoms with Crippen molar-refractivity contribution in [2.24, 2.45) is 0 Å². The molecule has 2 aromatic carbocycles. The van der Waals surface area contributed by atoms with Crippen molar-refractivity contribution in [3.8, 4) is 11.5 Å². The third-order valence-corrected chi connectivity index (χ3v) is 2.55. The van der Waals surface area contributed by atoms with E-state index in [2.05, 4.69) is 24.3 Å². The number of hydrogen-bond donors (Lipinski definition) is 2. The zero-order chi connectivity index (χ0) is 14.8. The number of carbonyl (C=O) groups excluding carboxylic acids is 2. The summed E-state index contributed by atoms with van der Waals surface area (Å²) in [4.78, 5) is 16.7. The highest BCUT2D eigenvalue weighted by molar-refractivity contribution is 5.49. The quantitative estimate of drug-likeness (QED) is 0.484. The molecule has 1 aliphatic heterocycles. The highest BCUT2D eigenvalue weighted by atomic mass is 16.5. The van der Waals surface area contributed by atoms with E-state index in [-0.39, 0.29) is 0 Å². The first-order valence-electron chi connectivity index (χ1n) is 5.68. The summed E-state index contributed by atoms with van der Waals surface area (Å²) in [5, 5.41) is 10.8. The molecule has 5 heteroatoms. The fourth-order valence-corrected chi connectivity index (χ4v) is 1.82. The van der Waals surface area contributed by atoms with Crippen LogP contribution in [0, 0.1) is 10.8 Å². The Kier molecular flexibility index (Phi) is 6.15. The van der Waals surface area contributed by atoms with E-state index in [0.29, 0.717) is 0 Å². The van der Waals surface area contributed by atoms with Crippen LogP contribution in [0.2, 0.25) is 0 Å². The largest absolute Gasteiger partial charge is 0.457 e. The van der Waals surface area contributed by atoms with Gasteiger partial charge in [0, 0.05) is 6.42 Å². The Balaban J connectivity index is 0.000000290. The number of benzene rings is 2. The molecule has 0 aliphatic carbocycles. The second kappa shape index (κ2) is 8.16. The lowest BCUT2D eigenvalue weighted by Gasteiger charge is -2.19. The first-order valence-corrected chi connectivity index (χ1v) is 5.68. The smallest absolute Gasteiger partial charge is 0.231 e. The summed E-state index contributed by atoms with van der Waals surface area (Å²) in [6.07, 6.45) is 2.48. The van der Waals surface area contributed by atoms with Crippen molar-refractivity contribution in [1.82, 2.24) is 0 Å². The third-order valence-electron chi connectivity index (χ3n) is 2.55. The molecular weight excluding hydrogens is 256 g/mol. The normalized spacial score (nSPS) is 9.60. The Bertz CT molecular complexity index is 542. The van der Waals surface area contributed by atoms with Crippen molar-refractivity contribution < 1.29 is 14.3 Å². The molecule has 0 saturated carbocycles. The van der Waals surface area contributed by atoms with Crippen LogP contribution in [0.4, 0.5) is 0 Å². The molecule has 0 unspecified atom stereocenters. The highest BCUT2D eigenvalue weighted by Gasteiger charge is 2.14. The summed E-state index contributed by atoms with van der Waals surface area (Å²) in [6, 6.07) is 16.4. The molecule has 2 aromatic rings. The van der Waals surface area contributed by atoms with Crippen molar-refractivity contribution in [2.75, 3.05) is 0 Å². The molecule has 100 valence electrons. The van der Waals surface area contributed by atoms with Gasteiger partial charge in [-0.3, -0.25) is 0 Å². The van der Waals surface area contributed by atoms with Crippen LogP contribution < -0.4 is 4.74 Å². The van der Waals surface area contributed by atoms with Gasteiger partial charge in [-0.2, -0.15) is 0 Å². The molecule has 0 bridgehead atoms. The molecule has 1 aliphatic rings. The van der Waals surface area contributed by atoms with Crippen LogP contribution in [0.1, 0.15) is 11.1 Å². The van der Waals surface area contributed by atoms with Crippen LogP contribution in [0.25, 0.3) is 0 Å². The number of hydrogen-bond acceptors (Lipinski definition) is 5. The van der Waals surface area contributed by atoms with Crippen molar-refractivity contribution in [3.05, 3.63) is 59.7 Å². The zero-order valence-corrected chi connectivity index (χ0v) is 10.6. The molecule has 0 atom stereocenters. The predicted octanol–water partition coefficient (Wildman–Crippen LogP) is 3.19. The lowest BCUT2D eigenvalue weighted by Crippen LogP contribution is -2.01. The fraction of sp³-hybridized carbons (Fsp3) is 0.0667. The van der Waals surface area contributed by atoms with Gasteiger partial charge in [0.05, 0.1) is 0 Å². The van der Waals surface area contributed by atoms with Gasteiger partial charge in [-0.15, -0.1) is 0 Å². The molecule has 3 rings (SSSR count). The zero-order valence-electron chi connectivity index (χ0n) is 10.6. The number of nitrogens with one attached hydrogen (secondary N) is 2. The van der Waals surface area contributed by atoms with E-state index in [1.807, 2.05) is 24.3 Å². The van der Waals surface area contributed by atoms with E-state index in [0.717, 1.165) is 30.1 Å². The first kappa shape index (κ1) is 15.1. The van der Waals surface area contributed by atoms with Crippen molar-refractivity contribution in [3.63, 3.8) is 0 Å². The summed E-state index contributed by atoms with van der Waals surface area (Å²) in [6.45, 7) is 0. The monoisotopic (exact) mass is 268 g/mol. The van der Waals surface area contributed by atoms with Gasteiger partial charge in [0.25, 0.3) is 0 Å². The van der Waals surface area contributed by atoms with E-state index >= 15 is 0 Å². The van der Waals surface area contributed by atoms with E-state index in [9.17, 15) is 0 Å². The third kappa shape index (κ3) is 4.03. The summed E-state index contributed by atoms with van der Waals surface area (Å²) in [5.41, 5.74) is 2.54. The lowest BCUT2D eigenvalue weighted by molar-refractivity contribution is 0.460. The second-order valence-electron chi connectivity index (χ2n) is 3.70. The van der Waals surface area contributed by atoms with Gasteiger partial charge < -0.3 is 4.74 Å². The Morgan fingerprint density at radius 1 is 0.800 bits per heavy atom. The van der Waals surface area contributed by atoms with Crippen molar-refractivity contribution in [2.45, 2.75) is 6.42 Å². The molecule has 0 aromatic heterocycles. The number of para-hydroxylation sites is 2. The summed E-state index contributed by atoms with van der Waals surface area (Å²) >= 11 is 0. The van der Waals surface area contributed by atoms with Gasteiger partial charge in [0.15, 0.2) is 0 Å². The molecule has 2 N–H and O–H groups in total. The summed E-state index contributed by atoms with van der Waals surface area (Å²) in [7, 11) is 0. The average molecular weight is 268 g/mol. The second-order valence-corrected chi connectivity index (χ2v) is 3.70. The molecule has 0 saturated heterocycles. The minimum Gasteiger partial charge on any atom is -0.457 e. The molecular formula is C15H12N2O3. The number of fused-ring (bicyclic) bond motifs is 2. The highest BCUT2D eigenvalue weighted by Crippen LogP contribution is 2.35. The minimum atomic E-state index is 0.750. The fourth-order valence-electron chi connectivity index (χ4n) is 1.82. The van der Waals surface area contributed by atoms with Gasteiger partial charge in [-0.05, 0) is 23.3 Å². The molecule has 0 spiro atoms. The Morgan fingerprint density at radius 2 is 1.15 bits per heavy atom. The maximum Gasteiger partial charge on any atom is 0.231 e. The van der Waals surface area contributed by atoms with E-state index in [4.69, 9.17) is 25.1 Å². The van der Waals surface area contributed by atoms with Crippen LogP contribution >= 0.6 is 0 Å². The lowest BCUT2D eigenvalue weighted by atomic mass is 10.0. The van der Waals surface area contributed by atoms with E-state index in [1.54, 1.807) is 0 Å². The van der Waals surface area contributed by atoms with Crippen LogP contribution in [-0.4, -0.2) is 12.2 Å². The van der Waals surface area contributed by atoms with Crippen molar-refractivity contribution >= 4 is 12.2 Å². The summed E-state index contributed by atoms with van der Waals surface area (Å²) < 4.78 is 5.78. The van der Waals surface area contributed by atoms with Gasteiger partial charge >= 0.3 is 0 Å². The molecule has 0 radical (unpaired) electrons. The molecule has 5 nitrogen and oxygen atoms in total. The molecule has 1 heterocycles. The van der Waals surface area contributed by atoms with Gasteiger partial charge in [-0.25, -0.2) is 20.4 Å². The molecule has 0 amide bonds.